The second-order valence-electron chi connectivity index (χ2n) is 2.59. The summed E-state index contributed by atoms with van der Waals surface area (Å²) in [4.78, 5) is 10.5. The summed E-state index contributed by atoms with van der Waals surface area (Å²) in [5.74, 6) is 0. The molecule has 1 amide bonds. The molecule has 0 aliphatic heterocycles. The van der Waals surface area contributed by atoms with Gasteiger partial charge in [-0.2, -0.15) is 0 Å². The molecule has 0 saturated heterocycles. The molecule has 0 saturated carbocycles. The molecule has 0 spiro atoms. The summed E-state index contributed by atoms with van der Waals surface area (Å²) in [6.45, 7) is 0.396. The summed E-state index contributed by atoms with van der Waals surface area (Å²) in [5.41, 5.74) is 0.977. The number of hydrogen-bond donors (Lipinski definition) is 0. The highest BCUT2D eigenvalue weighted by atomic mass is 32.2. The molecule has 4 heteroatoms. The van der Waals surface area contributed by atoms with Crippen molar-refractivity contribution in [2.45, 2.75) is 6.54 Å². The molecule has 1 unspecified atom stereocenters. The van der Waals surface area contributed by atoms with Crippen molar-refractivity contribution in [3.05, 3.63) is 35.9 Å². The fourth-order valence-corrected chi connectivity index (χ4v) is 1.40. The van der Waals surface area contributed by atoms with Crippen LogP contribution in [0.25, 0.3) is 0 Å². The van der Waals surface area contributed by atoms with Crippen LogP contribution in [0, 0.1) is 0 Å². The van der Waals surface area contributed by atoms with Gasteiger partial charge in [-0.3, -0.25) is 9.10 Å². The minimum atomic E-state index is -1.24. The molecule has 1 rings (SSSR count). The van der Waals surface area contributed by atoms with Gasteiger partial charge in [-0.1, -0.05) is 30.3 Å². The zero-order valence-corrected chi connectivity index (χ0v) is 8.16. The van der Waals surface area contributed by atoms with Gasteiger partial charge < -0.3 is 0 Å². The largest absolute Gasteiger partial charge is 0.278 e. The Morgan fingerprint density at radius 3 is 2.46 bits per heavy atom. The van der Waals surface area contributed by atoms with Crippen molar-refractivity contribution in [1.29, 1.82) is 0 Å². The molecule has 0 aliphatic rings. The van der Waals surface area contributed by atoms with Crippen LogP contribution in [0.2, 0.25) is 0 Å². The molecule has 1 atom stereocenters. The lowest BCUT2D eigenvalue weighted by atomic mass is 10.2. The topological polar surface area (TPSA) is 37.4 Å². The predicted molar refractivity (Wildman–Crippen MR) is 52.1 cm³/mol. The van der Waals surface area contributed by atoms with Crippen LogP contribution in [0.1, 0.15) is 5.56 Å². The van der Waals surface area contributed by atoms with Crippen LogP contribution in [-0.4, -0.2) is 21.2 Å². The minimum Gasteiger partial charge on any atom is -0.278 e. The SMILES string of the molecule is CS(=O)N(C=O)Cc1ccccc1. The number of rotatable bonds is 4. The normalized spacial score (nSPS) is 12.1. The Labute approximate surface area is 80.0 Å². The summed E-state index contributed by atoms with van der Waals surface area (Å²) in [7, 11) is -1.24. The predicted octanol–water partition coefficient (Wildman–Crippen LogP) is 0.938. The van der Waals surface area contributed by atoms with Crippen molar-refractivity contribution in [1.82, 2.24) is 4.31 Å². The van der Waals surface area contributed by atoms with Crippen LogP contribution in [0.3, 0.4) is 0 Å². The van der Waals surface area contributed by atoms with Gasteiger partial charge in [0, 0.05) is 6.26 Å². The van der Waals surface area contributed by atoms with Gasteiger partial charge in [-0.15, -0.1) is 0 Å². The van der Waals surface area contributed by atoms with Gasteiger partial charge in [-0.05, 0) is 5.56 Å². The van der Waals surface area contributed by atoms with Crippen molar-refractivity contribution < 1.29 is 9.00 Å². The standard InChI is InChI=1S/C9H11NO2S/c1-13(12)10(8-11)7-9-5-3-2-4-6-9/h2-6,8H,7H2,1H3. The summed E-state index contributed by atoms with van der Waals surface area (Å²) >= 11 is 0. The second kappa shape index (κ2) is 4.77. The van der Waals surface area contributed by atoms with E-state index in [-0.39, 0.29) is 0 Å². The quantitative estimate of drug-likeness (QED) is 0.674. The first-order valence-corrected chi connectivity index (χ1v) is 5.35. The molecule has 1 aromatic carbocycles. The Bertz CT molecular complexity index is 300. The first-order valence-electron chi connectivity index (χ1n) is 3.83. The Hall–Kier alpha value is -1.16. The van der Waals surface area contributed by atoms with E-state index in [0.29, 0.717) is 13.0 Å². The van der Waals surface area contributed by atoms with Gasteiger partial charge in [0.25, 0.3) is 0 Å². The van der Waals surface area contributed by atoms with Gasteiger partial charge >= 0.3 is 0 Å². The fraction of sp³-hybridized carbons (Fsp3) is 0.222. The van der Waals surface area contributed by atoms with Crippen molar-refractivity contribution >= 4 is 17.4 Å². The second-order valence-corrected chi connectivity index (χ2v) is 3.91. The average Bonchev–Trinajstić information content (AvgIpc) is 2.15. The van der Waals surface area contributed by atoms with E-state index in [2.05, 4.69) is 0 Å². The van der Waals surface area contributed by atoms with E-state index in [1.165, 1.54) is 10.6 Å². The fourth-order valence-electron chi connectivity index (χ4n) is 0.952. The highest BCUT2D eigenvalue weighted by Gasteiger charge is 2.05. The van der Waals surface area contributed by atoms with Gasteiger partial charge in [0.15, 0.2) is 0 Å². The number of benzene rings is 1. The smallest absolute Gasteiger partial charge is 0.221 e. The lowest BCUT2D eigenvalue weighted by molar-refractivity contribution is -0.114. The average molecular weight is 197 g/mol. The molecule has 0 bridgehead atoms. The number of hydrogen-bond acceptors (Lipinski definition) is 2. The molecule has 0 fully saturated rings. The molecular formula is C9H11NO2S. The zero-order chi connectivity index (χ0) is 9.68. The first kappa shape index (κ1) is 9.92. The van der Waals surface area contributed by atoms with Crippen molar-refractivity contribution in [3.63, 3.8) is 0 Å². The Morgan fingerprint density at radius 1 is 1.38 bits per heavy atom. The van der Waals surface area contributed by atoms with Crippen LogP contribution in [0.15, 0.2) is 30.3 Å². The molecule has 13 heavy (non-hydrogen) atoms. The monoisotopic (exact) mass is 197 g/mol. The highest BCUT2D eigenvalue weighted by molar-refractivity contribution is 7.82. The molecule has 0 radical (unpaired) electrons. The third kappa shape index (κ3) is 2.99. The first-order chi connectivity index (χ1) is 6.24. The van der Waals surface area contributed by atoms with E-state index < -0.39 is 11.0 Å². The molecule has 70 valence electrons. The highest BCUT2D eigenvalue weighted by Crippen LogP contribution is 2.03. The van der Waals surface area contributed by atoms with E-state index in [9.17, 15) is 9.00 Å². The van der Waals surface area contributed by atoms with Crippen LogP contribution in [0.4, 0.5) is 0 Å². The van der Waals surface area contributed by atoms with E-state index in [1.807, 2.05) is 30.3 Å². The zero-order valence-electron chi connectivity index (χ0n) is 7.34. The van der Waals surface area contributed by atoms with Gasteiger partial charge in [-0.25, -0.2) is 4.21 Å². The number of carbonyl (C=O) groups excluding carboxylic acids is 1. The number of amides is 1. The summed E-state index contributed by atoms with van der Waals surface area (Å²) in [5, 5.41) is 0. The lowest BCUT2D eigenvalue weighted by Crippen LogP contribution is -2.22. The Kier molecular flexibility index (Phi) is 3.64. The van der Waals surface area contributed by atoms with Crippen LogP contribution < -0.4 is 0 Å². The molecular weight excluding hydrogens is 186 g/mol. The van der Waals surface area contributed by atoms with Crippen LogP contribution in [-0.2, 0) is 22.3 Å². The van der Waals surface area contributed by atoms with E-state index >= 15 is 0 Å². The number of carbonyl (C=O) groups is 1. The summed E-state index contributed by atoms with van der Waals surface area (Å²) < 4.78 is 12.2. The van der Waals surface area contributed by atoms with Gasteiger partial charge in [0.05, 0.1) is 6.54 Å². The maximum atomic E-state index is 11.0. The Morgan fingerprint density at radius 2 is 2.00 bits per heavy atom. The third-order valence-electron chi connectivity index (χ3n) is 1.63. The van der Waals surface area contributed by atoms with Crippen molar-refractivity contribution in [2.75, 3.05) is 6.26 Å². The van der Waals surface area contributed by atoms with Crippen molar-refractivity contribution in [2.24, 2.45) is 0 Å². The summed E-state index contributed by atoms with van der Waals surface area (Å²) in [6.07, 6.45) is 2.08. The van der Waals surface area contributed by atoms with E-state index in [4.69, 9.17) is 0 Å². The Balaban J connectivity index is 2.67. The molecule has 0 heterocycles. The lowest BCUT2D eigenvalue weighted by Gasteiger charge is -2.12. The molecule has 1 aromatic rings. The molecule has 0 aromatic heterocycles. The van der Waals surface area contributed by atoms with E-state index in [0.717, 1.165) is 5.56 Å². The molecule has 3 nitrogen and oxygen atoms in total. The third-order valence-corrected chi connectivity index (χ3v) is 2.50. The molecule has 0 N–H and O–H groups in total. The van der Waals surface area contributed by atoms with Gasteiger partial charge in [0.2, 0.25) is 6.41 Å². The molecule has 0 aliphatic carbocycles. The van der Waals surface area contributed by atoms with Gasteiger partial charge in [0.1, 0.15) is 11.0 Å². The van der Waals surface area contributed by atoms with Crippen LogP contribution >= 0.6 is 0 Å². The maximum Gasteiger partial charge on any atom is 0.221 e. The van der Waals surface area contributed by atoms with Crippen molar-refractivity contribution in [3.8, 4) is 0 Å². The minimum absolute atomic E-state index is 0.396. The van der Waals surface area contributed by atoms with Crippen LogP contribution in [0.5, 0.6) is 0 Å². The summed E-state index contributed by atoms with van der Waals surface area (Å²) in [6, 6.07) is 9.46. The van der Waals surface area contributed by atoms with E-state index in [1.54, 1.807) is 0 Å². The maximum absolute atomic E-state index is 11.0. The number of nitrogens with zero attached hydrogens (tertiary/aromatic N) is 1.